The predicted octanol–water partition coefficient (Wildman–Crippen LogP) is 2.29. The molecule has 1 aromatic carbocycles. The molecule has 3 N–H and O–H groups in total. The Morgan fingerprint density at radius 1 is 1.33 bits per heavy atom. The van der Waals surface area contributed by atoms with E-state index in [1.165, 1.54) is 6.07 Å². The molecule has 0 fully saturated rings. The van der Waals surface area contributed by atoms with Gasteiger partial charge in [-0.1, -0.05) is 29.8 Å². The van der Waals surface area contributed by atoms with Crippen molar-refractivity contribution in [3.63, 3.8) is 0 Å². The molecule has 0 aliphatic heterocycles. The van der Waals surface area contributed by atoms with E-state index >= 15 is 0 Å². The second kappa shape index (κ2) is 7.58. The fraction of sp³-hybridized carbons (Fsp3) is 0.571. The Bertz CT molecular complexity index is 564. The highest BCUT2D eigenvalue weighted by Crippen LogP contribution is 2.23. The minimum Gasteiger partial charge on any atom is -0.398 e. The van der Waals surface area contributed by atoms with Crippen molar-refractivity contribution in [1.29, 1.82) is 0 Å². The van der Waals surface area contributed by atoms with E-state index < -0.39 is 10.0 Å². The summed E-state index contributed by atoms with van der Waals surface area (Å²) < 4.78 is 28.6. The molecule has 5 nitrogen and oxygen atoms in total. The summed E-state index contributed by atoms with van der Waals surface area (Å²) >= 11 is 3.28. The Kier molecular flexibility index (Phi) is 6.65. The SMILES string of the molecule is CC(C)CC(CN(C)C)NS(=O)(=O)c1cc(Br)ccc1N. The molecular weight excluding hydrogens is 354 g/mol. The maximum Gasteiger partial charge on any atom is 0.242 e. The van der Waals surface area contributed by atoms with Crippen molar-refractivity contribution in [3.05, 3.63) is 22.7 Å². The number of anilines is 1. The predicted molar refractivity (Wildman–Crippen MR) is 90.7 cm³/mol. The fourth-order valence-corrected chi connectivity index (χ4v) is 4.10. The van der Waals surface area contributed by atoms with Gasteiger partial charge < -0.3 is 10.6 Å². The van der Waals surface area contributed by atoms with E-state index in [-0.39, 0.29) is 16.6 Å². The lowest BCUT2D eigenvalue weighted by Crippen LogP contribution is -2.42. The number of hydrogen-bond acceptors (Lipinski definition) is 4. The maximum atomic E-state index is 12.5. The van der Waals surface area contributed by atoms with Crippen molar-refractivity contribution in [3.8, 4) is 0 Å². The molecule has 1 rings (SSSR count). The monoisotopic (exact) mass is 377 g/mol. The number of sulfonamides is 1. The summed E-state index contributed by atoms with van der Waals surface area (Å²) in [7, 11) is 0.216. The Labute approximate surface area is 136 Å². The lowest BCUT2D eigenvalue weighted by molar-refractivity contribution is 0.329. The third-order valence-electron chi connectivity index (χ3n) is 2.93. The molecule has 0 bridgehead atoms. The van der Waals surface area contributed by atoms with Crippen molar-refractivity contribution >= 4 is 31.6 Å². The van der Waals surface area contributed by atoms with E-state index in [0.717, 1.165) is 6.42 Å². The maximum absolute atomic E-state index is 12.5. The topological polar surface area (TPSA) is 75.4 Å². The van der Waals surface area contributed by atoms with Gasteiger partial charge in [0.25, 0.3) is 0 Å². The largest absolute Gasteiger partial charge is 0.398 e. The minimum absolute atomic E-state index is 0.115. The van der Waals surface area contributed by atoms with Crippen LogP contribution in [-0.2, 0) is 10.0 Å². The summed E-state index contributed by atoms with van der Waals surface area (Å²) in [6.07, 6.45) is 0.769. The van der Waals surface area contributed by atoms with E-state index in [1.54, 1.807) is 12.1 Å². The summed E-state index contributed by atoms with van der Waals surface area (Å²) in [6, 6.07) is 4.69. The zero-order valence-corrected chi connectivity index (χ0v) is 15.3. The van der Waals surface area contributed by atoms with Gasteiger partial charge in [0.2, 0.25) is 10.0 Å². The molecule has 7 heteroatoms. The first-order valence-electron chi connectivity index (χ1n) is 6.84. The van der Waals surface area contributed by atoms with E-state index in [2.05, 4.69) is 34.5 Å². The number of likely N-dealkylation sites (N-methyl/N-ethyl adjacent to an activating group) is 1. The van der Waals surface area contributed by atoms with E-state index in [1.807, 2.05) is 19.0 Å². The zero-order valence-electron chi connectivity index (χ0n) is 12.9. The van der Waals surface area contributed by atoms with Gasteiger partial charge in [-0.25, -0.2) is 13.1 Å². The van der Waals surface area contributed by atoms with Crippen molar-refractivity contribution in [2.45, 2.75) is 31.2 Å². The molecule has 0 aromatic heterocycles. The molecule has 120 valence electrons. The number of rotatable bonds is 7. The third kappa shape index (κ3) is 5.94. The number of nitrogens with two attached hydrogens (primary N) is 1. The zero-order chi connectivity index (χ0) is 16.2. The molecule has 0 radical (unpaired) electrons. The van der Waals surface area contributed by atoms with Gasteiger partial charge in [0, 0.05) is 17.1 Å². The summed E-state index contributed by atoms with van der Waals surface area (Å²) in [5.74, 6) is 0.400. The van der Waals surface area contributed by atoms with E-state index in [0.29, 0.717) is 16.9 Å². The Morgan fingerprint density at radius 2 is 1.95 bits per heavy atom. The second-order valence-electron chi connectivity index (χ2n) is 5.89. The molecule has 21 heavy (non-hydrogen) atoms. The Hall–Kier alpha value is -0.630. The average molecular weight is 378 g/mol. The molecular formula is C14H24BrN3O2S. The van der Waals surface area contributed by atoms with Gasteiger partial charge in [-0.2, -0.15) is 0 Å². The molecule has 0 saturated carbocycles. The third-order valence-corrected chi connectivity index (χ3v) is 5.00. The van der Waals surface area contributed by atoms with Crippen LogP contribution in [-0.4, -0.2) is 40.0 Å². The van der Waals surface area contributed by atoms with Gasteiger partial charge >= 0.3 is 0 Å². The highest BCUT2D eigenvalue weighted by atomic mass is 79.9. The summed E-state index contributed by atoms with van der Waals surface area (Å²) in [4.78, 5) is 2.09. The molecule has 0 saturated heterocycles. The number of nitrogens with one attached hydrogen (secondary N) is 1. The normalized spacial score (nSPS) is 13.9. The van der Waals surface area contributed by atoms with Gasteiger partial charge in [0.1, 0.15) is 4.90 Å². The van der Waals surface area contributed by atoms with Gasteiger partial charge in [-0.05, 0) is 44.6 Å². The van der Waals surface area contributed by atoms with Crippen LogP contribution in [0.1, 0.15) is 20.3 Å². The molecule has 0 aliphatic carbocycles. The lowest BCUT2D eigenvalue weighted by Gasteiger charge is -2.24. The smallest absolute Gasteiger partial charge is 0.242 e. The standard InChI is InChI=1S/C14H24BrN3O2S/c1-10(2)7-12(9-18(3)4)17-21(19,20)14-8-11(15)5-6-13(14)16/h5-6,8,10,12,17H,7,9,16H2,1-4H3. The number of nitrogens with zero attached hydrogens (tertiary/aromatic N) is 1. The number of benzene rings is 1. The van der Waals surface area contributed by atoms with Crippen LogP contribution in [0.25, 0.3) is 0 Å². The van der Waals surface area contributed by atoms with Crippen LogP contribution in [0.15, 0.2) is 27.6 Å². The minimum atomic E-state index is -3.64. The summed E-state index contributed by atoms with van der Waals surface area (Å²) in [6.45, 7) is 4.79. The van der Waals surface area contributed by atoms with Crippen molar-refractivity contribution < 1.29 is 8.42 Å². The molecule has 1 aromatic rings. The van der Waals surface area contributed by atoms with E-state index in [4.69, 9.17) is 5.73 Å². The molecule has 0 amide bonds. The first-order chi connectivity index (χ1) is 9.61. The van der Waals surface area contributed by atoms with Crippen LogP contribution < -0.4 is 10.5 Å². The first-order valence-corrected chi connectivity index (χ1v) is 9.11. The average Bonchev–Trinajstić information content (AvgIpc) is 2.29. The second-order valence-corrected chi connectivity index (χ2v) is 8.49. The van der Waals surface area contributed by atoms with Crippen LogP contribution in [0.5, 0.6) is 0 Å². The molecule has 1 unspecified atom stereocenters. The van der Waals surface area contributed by atoms with Gasteiger partial charge in [0.15, 0.2) is 0 Å². The van der Waals surface area contributed by atoms with Crippen LogP contribution in [0.2, 0.25) is 0 Å². The van der Waals surface area contributed by atoms with Crippen LogP contribution in [0.3, 0.4) is 0 Å². The first kappa shape index (κ1) is 18.4. The van der Waals surface area contributed by atoms with Crippen LogP contribution >= 0.6 is 15.9 Å². The van der Waals surface area contributed by atoms with E-state index in [9.17, 15) is 8.42 Å². The van der Waals surface area contributed by atoms with Gasteiger partial charge in [-0.3, -0.25) is 0 Å². The van der Waals surface area contributed by atoms with Crippen LogP contribution in [0.4, 0.5) is 5.69 Å². The van der Waals surface area contributed by atoms with Crippen molar-refractivity contribution in [1.82, 2.24) is 9.62 Å². The lowest BCUT2D eigenvalue weighted by atomic mass is 10.0. The van der Waals surface area contributed by atoms with Crippen molar-refractivity contribution in [2.75, 3.05) is 26.4 Å². The Balaban J connectivity index is 3.02. The molecule has 0 heterocycles. The highest BCUT2D eigenvalue weighted by molar-refractivity contribution is 9.10. The highest BCUT2D eigenvalue weighted by Gasteiger charge is 2.23. The van der Waals surface area contributed by atoms with Crippen LogP contribution in [0, 0.1) is 5.92 Å². The molecule has 0 spiro atoms. The Morgan fingerprint density at radius 3 is 2.48 bits per heavy atom. The number of hydrogen-bond donors (Lipinski definition) is 2. The summed E-state index contributed by atoms with van der Waals surface area (Å²) in [5.41, 5.74) is 6.05. The quantitative estimate of drug-likeness (QED) is 0.714. The number of halogens is 1. The van der Waals surface area contributed by atoms with Crippen molar-refractivity contribution in [2.24, 2.45) is 5.92 Å². The van der Waals surface area contributed by atoms with Gasteiger partial charge in [-0.15, -0.1) is 0 Å². The number of nitrogen functional groups attached to an aromatic ring is 1. The van der Waals surface area contributed by atoms with Gasteiger partial charge in [0.05, 0.1) is 5.69 Å². The fourth-order valence-electron chi connectivity index (χ4n) is 2.19. The molecule has 1 atom stereocenters. The molecule has 0 aliphatic rings. The summed E-state index contributed by atoms with van der Waals surface area (Å²) in [5, 5.41) is 0.